The number of pyridine rings is 1. The Hall–Kier alpha value is -1.58. The lowest BCUT2D eigenvalue weighted by molar-refractivity contribution is 0.0945. The zero-order valence-electron chi connectivity index (χ0n) is 11.1. The summed E-state index contributed by atoms with van der Waals surface area (Å²) in [6, 6.07) is 1.75. The second-order valence-electron chi connectivity index (χ2n) is 5.05. The van der Waals surface area contributed by atoms with Gasteiger partial charge >= 0.3 is 0 Å². The molecule has 1 amide bonds. The topological polar surface area (TPSA) is 54.0 Å². The third-order valence-electron chi connectivity index (χ3n) is 3.90. The van der Waals surface area contributed by atoms with Crippen molar-refractivity contribution in [1.29, 1.82) is 0 Å². The fraction of sp³-hybridized carbons (Fsp3) is 0.571. The SMILES string of the molecule is CNc1cnccc1C(=O)NCC1CCCC1C. The van der Waals surface area contributed by atoms with E-state index in [4.69, 9.17) is 0 Å². The highest BCUT2D eigenvalue weighted by Crippen LogP contribution is 2.30. The van der Waals surface area contributed by atoms with Gasteiger partial charge in [0.25, 0.3) is 5.91 Å². The maximum absolute atomic E-state index is 12.1. The molecule has 0 bridgehead atoms. The van der Waals surface area contributed by atoms with Crippen LogP contribution < -0.4 is 10.6 Å². The van der Waals surface area contributed by atoms with Gasteiger partial charge in [-0.25, -0.2) is 0 Å². The van der Waals surface area contributed by atoms with Crippen LogP contribution in [0.25, 0.3) is 0 Å². The summed E-state index contributed by atoms with van der Waals surface area (Å²) in [7, 11) is 1.80. The molecule has 1 aromatic rings. The number of aromatic nitrogens is 1. The molecule has 1 aromatic heterocycles. The number of carbonyl (C=O) groups excluding carboxylic acids is 1. The van der Waals surface area contributed by atoms with Crippen molar-refractivity contribution in [1.82, 2.24) is 10.3 Å². The van der Waals surface area contributed by atoms with Gasteiger partial charge < -0.3 is 10.6 Å². The van der Waals surface area contributed by atoms with Crippen LogP contribution in [0.5, 0.6) is 0 Å². The van der Waals surface area contributed by atoms with E-state index in [1.54, 1.807) is 25.5 Å². The Kier molecular flexibility index (Phi) is 4.18. The lowest BCUT2D eigenvalue weighted by atomic mass is 9.98. The minimum Gasteiger partial charge on any atom is -0.386 e. The van der Waals surface area contributed by atoms with Crippen LogP contribution in [0.1, 0.15) is 36.5 Å². The molecule has 0 aliphatic heterocycles. The van der Waals surface area contributed by atoms with Crippen molar-refractivity contribution in [2.75, 3.05) is 18.9 Å². The maximum Gasteiger partial charge on any atom is 0.253 e. The molecule has 2 atom stereocenters. The third-order valence-corrected chi connectivity index (χ3v) is 3.90. The first-order valence-corrected chi connectivity index (χ1v) is 6.62. The molecular formula is C14H21N3O. The van der Waals surface area contributed by atoms with Gasteiger partial charge in [0, 0.05) is 19.8 Å². The highest BCUT2D eigenvalue weighted by atomic mass is 16.1. The molecule has 1 aliphatic carbocycles. The van der Waals surface area contributed by atoms with Crippen LogP contribution in [0.15, 0.2) is 18.5 Å². The van der Waals surface area contributed by atoms with Crippen LogP contribution in [0.4, 0.5) is 5.69 Å². The van der Waals surface area contributed by atoms with Crippen molar-refractivity contribution < 1.29 is 4.79 Å². The molecule has 1 fully saturated rings. The Morgan fingerprint density at radius 3 is 3.00 bits per heavy atom. The number of hydrogen-bond acceptors (Lipinski definition) is 3. The number of amides is 1. The first-order chi connectivity index (χ1) is 8.72. The van der Waals surface area contributed by atoms with Crippen molar-refractivity contribution in [2.24, 2.45) is 11.8 Å². The van der Waals surface area contributed by atoms with Crippen LogP contribution in [0, 0.1) is 11.8 Å². The van der Waals surface area contributed by atoms with E-state index < -0.39 is 0 Å². The second-order valence-corrected chi connectivity index (χ2v) is 5.05. The largest absolute Gasteiger partial charge is 0.386 e. The van der Waals surface area contributed by atoms with Crippen molar-refractivity contribution in [2.45, 2.75) is 26.2 Å². The summed E-state index contributed by atoms with van der Waals surface area (Å²) >= 11 is 0. The van der Waals surface area contributed by atoms with Crippen LogP contribution in [0.3, 0.4) is 0 Å². The quantitative estimate of drug-likeness (QED) is 0.858. The van der Waals surface area contributed by atoms with Crippen molar-refractivity contribution in [3.05, 3.63) is 24.0 Å². The summed E-state index contributed by atoms with van der Waals surface area (Å²) in [5, 5.41) is 6.03. The molecule has 1 heterocycles. The molecule has 4 heteroatoms. The minimum atomic E-state index is -0.0131. The molecule has 2 N–H and O–H groups in total. The number of anilines is 1. The van der Waals surface area contributed by atoms with Crippen LogP contribution in [0.2, 0.25) is 0 Å². The highest BCUT2D eigenvalue weighted by molar-refractivity contribution is 5.99. The predicted octanol–water partition coefficient (Wildman–Crippen LogP) is 2.29. The van der Waals surface area contributed by atoms with Crippen molar-refractivity contribution in [3.63, 3.8) is 0 Å². The van der Waals surface area contributed by atoms with Gasteiger partial charge in [0.05, 0.1) is 17.4 Å². The monoisotopic (exact) mass is 247 g/mol. The molecule has 18 heavy (non-hydrogen) atoms. The van der Waals surface area contributed by atoms with Crippen LogP contribution in [-0.4, -0.2) is 24.5 Å². The molecule has 0 saturated heterocycles. The Morgan fingerprint density at radius 1 is 1.50 bits per heavy atom. The molecule has 1 aliphatic rings. The van der Waals surface area contributed by atoms with Gasteiger partial charge in [-0.1, -0.05) is 19.8 Å². The highest BCUT2D eigenvalue weighted by Gasteiger charge is 2.23. The van der Waals surface area contributed by atoms with Gasteiger partial charge in [0.2, 0.25) is 0 Å². The average Bonchev–Trinajstić information content (AvgIpc) is 2.81. The van der Waals surface area contributed by atoms with E-state index in [2.05, 4.69) is 22.5 Å². The molecule has 4 nitrogen and oxygen atoms in total. The van der Waals surface area contributed by atoms with E-state index in [1.807, 2.05) is 0 Å². The number of rotatable bonds is 4. The maximum atomic E-state index is 12.1. The fourth-order valence-corrected chi connectivity index (χ4v) is 2.64. The molecule has 2 rings (SSSR count). The van der Waals surface area contributed by atoms with E-state index in [1.165, 1.54) is 19.3 Å². The lowest BCUT2D eigenvalue weighted by Crippen LogP contribution is -2.30. The van der Waals surface area contributed by atoms with E-state index >= 15 is 0 Å². The second kappa shape index (κ2) is 5.85. The number of carbonyl (C=O) groups is 1. The zero-order valence-corrected chi connectivity index (χ0v) is 11.1. The Balaban J connectivity index is 1.95. The summed E-state index contributed by atoms with van der Waals surface area (Å²) < 4.78 is 0. The predicted molar refractivity (Wildman–Crippen MR) is 72.6 cm³/mol. The van der Waals surface area contributed by atoms with E-state index in [0.717, 1.165) is 18.2 Å². The molecular weight excluding hydrogens is 226 g/mol. The molecule has 1 saturated carbocycles. The lowest BCUT2D eigenvalue weighted by Gasteiger charge is -2.16. The van der Waals surface area contributed by atoms with Gasteiger partial charge in [-0.2, -0.15) is 0 Å². The fourth-order valence-electron chi connectivity index (χ4n) is 2.64. The van der Waals surface area contributed by atoms with Gasteiger partial charge in [0.1, 0.15) is 0 Å². The minimum absolute atomic E-state index is 0.0131. The van der Waals surface area contributed by atoms with E-state index in [0.29, 0.717) is 11.5 Å². The van der Waals surface area contributed by atoms with Gasteiger partial charge in [0.15, 0.2) is 0 Å². The van der Waals surface area contributed by atoms with E-state index in [9.17, 15) is 4.79 Å². The first kappa shape index (κ1) is 12.9. The summed E-state index contributed by atoms with van der Waals surface area (Å²) in [4.78, 5) is 16.1. The van der Waals surface area contributed by atoms with Crippen molar-refractivity contribution in [3.8, 4) is 0 Å². The van der Waals surface area contributed by atoms with Crippen molar-refractivity contribution >= 4 is 11.6 Å². The summed E-state index contributed by atoms with van der Waals surface area (Å²) in [5.41, 5.74) is 1.44. The van der Waals surface area contributed by atoms with Crippen LogP contribution in [-0.2, 0) is 0 Å². The average molecular weight is 247 g/mol. The molecule has 0 spiro atoms. The summed E-state index contributed by atoms with van der Waals surface area (Å²) in [6.07, 6.45) is 7.13. The molecule has 0 radical (unpaired) electrons. The molecule has 98 valence electrons. The zero-order chi connectivity index (χ0) is 13.0. The smallest absolute Gasteiger partial charge is 0.253 e. The summed E-state index contributed by atoms with van der Waals surface area (Å²) in [6.45, 7) is 3.06. The first-order valence-electron chi connectivity index (χ1n) is 6.62. The van der Waals surface area contributed by atoms with Gasteiger partial charge in [-0.05, 0) is 24.3 Å². The standard InChI is InChI=1S/C14H21N3O/c1-10-4-3-5-11(10)8-17-14(18)12-6-7-16-9-13(12)15-2/h6-7,9-11,15H,3-5,8H2,1-2H3,(H,17,18). The Bertz CT molecular complexity index is 419. The number of hydrogen-bond donors (Lipinski definition) is 2. The van der Waals surface area contributed by atoms with Gasteiger partial charge in [-0.15, -0.1) is 0 Å². The Labute approximate surface area is 108 Å². The third kappa shape index (κ3) is 2.81. The normalized spacial score (nSPS) is 22.8. The van der Waals surface area contributed by atoms with Gasteiger partial charge in [-0.3, -0.25) is 9.78 Å². The van der Waals surface area contributed by atoms with Crippen LogP contribution >= 0.6 is 0 Å². The molecule has 0 aromatic carbocycles. The van der Waals surface area contributed by atoms with E-state index in [-0.39, 0.29) is 5.91 Å². The number of nitrogens with zero attached hydrogens (tertiary/aromatic N) is 1. The number of nitrogens with one attached hydrogen (secondary N) is 2. The summed E-state index contributed by atoms with van der Waals surface area (Å²) in [5.74, 6) is 1.35. The molecule has 2 unspecified atom stereocenters. The Morgan fingerprint density at radius 2 is 2.33 bits per heavy atom.